The van der Waals surface area contributed by atoms with E-state index in [0.717, 1.165) is 0 Å². The molecule has 0 amide bonds. The van der Waals surface area contributed by atoms with Crippen molar-refractivity contribution in [2.24, 2.45) is 17.4 Å². The van der Waals surface area contributed by atoms with E-state index in [0.29, 0.717) is 5.92 Å². The topological polar surface area (TPSA) is 52.0 Å². The van der Waals surface area contributed by atoms with Crippen LogP contribution in [0.4, 0.5) is 0 Å². The first-order valence-corrected chi connectivity index (χ1v) is 6.41. The molecule has 0 saturated carbocycles. The Labute approximate surface area is 109 Å². The summed E-state index contributed by atoms with van der Waals surface area (Å²) in [5, 5.41) is 0. The minimum Gasteiger partial charge on any atom is -0.319 e. The molecule has 0 aromatic carbocycles. The van der Waals surface area contributed by atoms with Crippen LogP contribution in [-0.2, 0) is 0 Å². The van der Waals surface area contributed by atoms with Crippen molar-refractivity contribution in [3.8, 4) is 0 Å². The second-order valence-corrected chi connectivity index (χ2v) is 5.76. The van der Waals surface area contributed by atoms with Crippen LogP contribution in [0, 0.1) is 5.92 Å². The Morgan fingerprint density at radius 3 is 1.61 bits per heavy atom. The van der Waals surface area contributed by atoms with Crippen LogP contribution in [0.1, 0.15) is 20.8 Å². The molecular weight excluding hydrogens is 220 g/mol. The number of nitrogens with two attached hydrogens (primary N) is 2. The van der Waals surface area contributed by atoms with E-state index in [9.17, 15) is 0 Å². The number of allylic oxidation sites excluding steroid dienone is 6. The van der Waals surface area contributed by atoms with Gasteiger partial charge in [0.15, 0.2) is 0 Å². The van der Waals surface area contributed by atoms with Gasteiger partial charge in [0.05, 0.1) is 11.1 Å². The monoisotopic (exact) mass is 242 g/mol. The van der Waals surface area contributed by atoms with Crippen LogP contribution in [0.3, 0.4) is 0 Å². The summed E-state index contributed by atoms with van der Waals surface area (Å²) in [6, 6.07) is 0. The molecule has 2 aliphatic rings. The molecular formula is C16H22N2. The Hall–Kier alpha value is -1.38. The molecule has 2 rings (SSSR count). The molecule has 0 unspecified atom stereocenters. The fourth-order valence-corrected chi connectivity index (χ4v) is 2.00. The van der Waals surface area contributed by atoms with Crippen molar-refractivity contribution in [1.82, 2.24) is 0 Å². The summed E-state index contributed by atoms with van der Waals surface area (Å²) in [7, 11) is 0. The van der Waals surface area contributed by atoms with Crippen molar-refractivity contribution >= 4 is 0 Å². The van der Waals surface area contributed by atoms with E-state index >= 15 is 0 Å². The molecule has 0 heterocycles. The molecule has 2 aliphatic carbocycles. The Bertz CT molecular complexity index is 451. The molecule has 4 N–H and O–H groups in total. The van der Waals surface area contributed by atoms with Gasteiger partial charge in [0.2, 0.25) is 0 Å². The van der Waals surface area contributed by atoms with Gasteiger partial charge in [-0.15, -0.1) is 0 Å². The van der Waals surface area contributed by atoms with Gasteiger partial charge in [0.1, 0.15) is 0 Å². The third kappa shape index (κ3) is 2.55. The molecule has 0 atom stereocenters. The lowest BCUT2D eigenvalue weighted by Gasteiger charge is -2.29. The van der Waals surface area contributed by atoms with Gasteiger partial charge in [-0.2, -0.15) is 0 Å². The number of rotatable bonds is 1. The Morgan fingerprint density at radius 2 is 1.22 bits per heavy atom. The van der Waals surface area contributed by atoms with Gasteiger partial charge in [-0.3, -0.25) is 0 Å². The lowest BCUT2D eigenvalue weighted by atomic mass is 9.82. The summed E-state index contributed by atoms with van der Waals surface area (Å²) >= 11 is 0. The maximum absolute atomic E-state index is 6.28. The van der Waals surface area contributed by atoms with E-state index in [4.69, 9.17) is 11.5 Å². The second-order valence-electron chi connectivity index (χ2n) is 5.76. The van der Waals surface area contributed by atoms with E-state index in [-0.39, 0.29) is 11.1 Å². The summed E-state index contributed by atoms with van der Waals surface area (Å²) in [4.78, 5) is 0. The zero-order valence-electron chi connectivity index (χ0n) is 11.4. The Balaban J connectivity index is 2.26. The van der Waals surface area contributed by atoms with Crippen molar-refractivity contribution in [2.75, 3.05) is 0 Å². The van der Waals surface area contributed by atoms with Gasteiger partial charge in [-0.05, 0) is 24.0 Å². The molecule has 0 aliphatic heterocycles. The maximum atomic E-state index is 6.28. The third-order valence-electron chi connectivity index (χ3n) is 3.68. The van der Waals surface area contributed by atoms with Crippen LogP contribution in [-0.4, -0.2) is 11.1 Å². The fraction of sp³-hybridized carbons (Fsp3) is 0.375. The lowest BCUT2D eigenvalue weighted by Crippen LogP contribution is -2.41. The first-order chi connectivity index (χ1) is 8.32. The summed E-state index contributed by atoms with van der Waals surface area (Å²) < 4.78 is 0. The number of hydrogen-bond acceptors (Lipinski definition) is 2. The Morgan fingerprint density at radius 1 is 0.833 bits per heavy atom. The second kappa shape index (κ2) is 4.38. The van der Waals surface area contributed by atoms with Crippen molar-refractivity contribution in [1.29, 1.82) is 0 Å². The molecule has 0 bridgehead atoms. The largest absolute Gasteiger partial charge is 0.319 e. The van der Waals surface area contributed by atoms with E-state index in [1.165, 1.54) is 11.1 Å². The first kappa shape index (κ1) is 13.1. The minimum atomic E-state index is -0.332. The highest BCUT2D eigenvalue weighted by atomic mass is 14.7. The van der Waals surface area contributed by atoms with Gasteiger partial charge in [0, 0.05) is 0 Å². The van der Waals surface area contributed by atoms with E-state index in [2.05, 4.69) is 50.3 Å². The zero-order chi connectivity index (χ0) is 13.4. The molecule has 18 heavy (non-hydrogen) atoms. The van der Waals surface area contributed by atoms with Crippen LogP contribution in [0.5, 0.6) is 0 Å². The van der Waals surface area contributed by atoms with Crippen LogP contribution in [0.15, 0.2) is 59.8 Å². The highest BCUT2D eigenvalue weighted by molar-refractivity contribution is 5.53. The SMILES string of the molecule is CC(C)C1(N)C=CC(=C2C=CC(C)(N)C=C2)C=C1. The summed E-state index contributed by atoms with van der Waals surface area (Å²) in [6.07, 6.45) is 16.5. The van der Waals surface area contributed by atoms with Gasteiger partial charge in [0.25, 0.3) is 0 Å². The normalized spacial score (nSPS) is 34.8. The highest BCUT2D eigenvalue weighted by Crippen LogP contribution is 2.27. The van der Waals surface area contributed by atoms with Gasteiger partial charge < -0.3 is 11.5 Å². The molecule has 0 aromatic heterocycles. The van der Waals surface area contributed by atoms with Crippen LogP contribution < -0.4 is 11.5 Å². The molecule has 0 saturated heterocycles. The molecule has 0 radical (unpaired) electrons. The molecule has 96 valence electrons. The predicted molar refractivity (Wildman–Crippen MR) is 77.9 cm³/mol. The molecule has 2 nitrogen and oxygen atoms in total. The van der Waals surface area contributed by atoms with Gasteiger partial charge >= 0.3 is 0 Å². The molecule has 0 fully saturated rings. The van der Waals surface area contributed by atoms with Crippen LogP contribution in [0.25, 0.3) is 0 Å². The maximum Gasteiger partial charge on any atom is 0.0554 e. The van der Waals surface area contributed by atoms with E-state index in [1.54, 1.807) is 0 Å². The van der Waals surface area contributed by atoms with Crippen molar-refractivity contribution < 1.29 is 0 Å². The van der Waals surface area contributed by atoms with E-state index in [1.807, 2.05) is 19.1 Å². The van der Waals surface area contributed by atoms with Crippen molar-refractivity contribution in [3.63, 3.8) is 0 Å². The van der Waals surface area contributed by atoms with Crippen LogP contribution in [0.2, 0.25) is 0 Å². The van der Waals surface area contributed by atoms with Crippen LogP contribution >= 0.6 is 0 Å². The Kier molecular flexibility index (Phi) is 3.18. The minimum absolute atomic E-state index is 0.325. The average Bonchev–Trinajstić information content (AvgIpc) is 2.30. The molecule has 0 spiro atoms. The average molecular weight is 242 g/mol. The number of hydrogen-bond donors (Lipinski definition) is 2. The quantitative estimate of drug-likeness (QED) is 0.742. The van der Waals surface area contributed by atoms with Gasteiger partial charge in [-0.1, -0.05) is 62.5 Å². The zero-order valence-corrected chi connectivity index (χ0v) is 11.4. The predicted octanol–water partition coefficient (Wildman–Crippen LogP) is 2.61. The molecule has 0 aromatic rings. The summed E-state index contributed by atoms with van der Waals surface area (Å²) in [5.74, 6) is 0.390. The first-order valence-electron chi connectivity index (χ1n) is 6.41. The van der Waals surface area contributed by atoms with Gasteiger partial charge in [-0.25, -0.2) is 0 Å². The van der Waals surface area contributed by atoms with E-state index < -0.39 is 0 Å². The lowest BCUT2D eigenvalue weighted by molar-refractivity contribution is 0.463. The highest BCUT2D eigenvalue weighted by Gasteiger charge is 2.25. The fourth-order valence-electron chi connectivity index (χ4n) is 2.00. The third-order valence-corrected chi connectivity index (χ3v) is 3.68. The van der Waals surface area contributed by atoms with Crippen molar-refractivity contribution in [2.45, 2.75) is 31.8 Å². The summed E-state index contributed by atoms with van der Waals surface area (Å²) in [6.45, 7) is 6.25. The van der Waals surface area contributed by atoms with Crippen molar-refractivity contribution in [3.05, 3.63) is 59.8 Å². The smallest absolute Gasteiger partial charge is 0.0554 e. The summed E-state index contributed by atoms with van der Waals surface area (Å²) in [5.41, 5.74) is 14.0. The molecule has 2 heteroatoms. The standard InChI is InChI=1S/C16H22N2/c1-12(2)16(18)10-6-14(7-11-16)13-4-8-15(3,17)9-5-13/h4-12H,17-18H2,1-3H3.